The highest BCUT2D eigenvalue weighted by Crippen LogP contribution is 2.48. The molecule has 1 saturated heterocycles. The SMILES string of the molecule is COC(=O)c1cc(Sc2ccnc(N)c2Cl)c(C)nc1N1CCC2(CC1)CC(=O)[C@@H](C)[C@@H]2NC(=O)OC(C)(C)C. The molecule has 2 aromatic rings. The van der Waals surface area contributed by atoms with Crippen LogP contribution in [0.1, 0.15) is 63.0 Å². The van der Waals surface area contributed by atoms with Gasteiger partial charge in [-0.05, 0) is 52.7 Å². The van der Waals surface area contributed by atoms with Crippen molar-refractivity contribution in [2.75, 3.05) is 30.8 Å². The van der Waals surface area contributed by atoms with Crippen LogP contribution in [0, 0.1) is 18.3 Å². The number of nitrogens with one attached hydrogen (secondary N) is 1. The second-order valence-electron chi connectivity index (χ2n) is 11.5. The first-order valence-corrected chi connectivity index (χ1v) is 14.4. The molecule has 0 unspecified atom stereocenters. The van der Waals surface area contributed by atoms with Crippen molar-refractivity contribution < 1.29 is 23.9 Å². The topological polar surface area (TPSA) is 137 Å². The summed E-state index contributed by atoms with van der Waals surface area (Å²) in [5, 5.41) is 3.34. The third-order valence-corrected chi connectivity index (χ3v) is 9.28. The summed E-state index contributed by atoms with van der Waals surface area (Å²) in [4.78, 5) is 50.7. The van der Waals surface area contributed by atoms with E-state index in [4.69, 9.17) is 31.8 Å². The molecule has 3 N–H and O–H groups in total. The third-order valence-electron chi connectivity index (χ3n) is 7.58. The lowest BCUT2D eigenvalue weighted by molar-refractivity contribution is -0.120. The number of rotatable bonds is 5. The summed E-state index contributed by atoms with van der Waals surface area (Å²) in [6, 6.07) is 3.19. The maximum absolute atomic E-state index is 12.9. The number of carbonyl (C=O) groups excluding carboxylic acids is 3. The number of ether oxygens (including phenoxy) is 2. The number of ketones is 1. The van der Waals surface area contributed by atoms with Crippen molar-refractivity contribution in [1.82, 2.24) is 15.3 Å². The van der Waals surface area contributed by atoms with Gasteiger partial charge >= 0.3 is 12.1 Å². The molecule has 40 heavy (non-hydrogen) atoms. The fourth-order valence-corrected chi connectivity index (χ4v) is 6.67. The van der Waals surface area contributed by atoms with E-state index in [2.05, 4.69) is 10.3 Å². The lowest BCUT2D eigenvalue weighted by Gasteiger charge is -2.44. The van der Waals surface area contributed by atoms with Crippen molar-refractivity contribution in [3.8, 4) is 0 Å². The number of nitrogen functional groups attached to an aromatic ring is 1. The van der Waals surface area contributed by atoms with Crippen molar-refractivity contribution in [1.29, 1.82) is 0 Å². The van der Waals surface area contributed by atoms with E-state index in [0.29, 0.717) is 59.3 Å². The highest BCUT2D eigenvalue weighted by Gasteiger charge is 2.53. The fourth-order valence-electron chi connectivity index (χ4n) is 5.52. The molecular weight excluding hydrogens is 554 g/mol. The van der Waals surface area contributed by atoms with Gasteiger partial charge in [0.05, 0.1) is 17.8 Å². The lowest BCUT2D eigenvalue weighted by atomic mass is 9.73. The van der Waals surface area contributed by atoms with Crippen LogP contribution >= 0.6 is 23.4 Å². The van der Waals surface area contributed by atoms with Crippen LogP contribution in [0.3, 0.4) is 0 Å². The fraction of sp³-hybridized carbons (Fsp3) is 0.536. The Morgan fingerprint density at radius 2 is 1.93 bits per heavy atom. The van der Waals surface area contributed by atoms with Gasteiger partial charge in [0, 0.05) is 52.9 Å². The van der Waals surface area contributed by atoms with Gasteiger partial charge in [-0.25, -0.2) is 19.6 Å². The average molecular weight is 590 g/mol. The molecule has 2 fully saturated rings. The molecule has 0 bridgehead atoms. The van der Waals surface area contributed by atoms with Crippen LogP contribution in [0.4, 0.5) is 16.4 Å². The Morgan fingerprint density at radius 3 is 2.55 bits per heavy atom. The molecule has 1 spiro atoms. The number of hydrogen-bond donors (Lipinski definition) is 2. The minimum Gasteiger partial charge on any atom is -0.465 e. The number of Topliss-reactive ketones (excluding diaryl/α,β-unsaturated/α-hetero) is 1. The Labute approximate surface area is 243 Å². The van der Waals surface area contributed by atoms with Crippen molar-refractivity contribution in [2.45, 2.75) is 75.3 Å². The molecule has 4 rings (SSSR count). The van der Waals surface area contributed by atoms with E-state index in [-0.39, 0.29) is 23.6 Å². The van der Waals surface area contributed by atoms with Gasteiger partial charge in [-0.2, -0.15) is 0 Å². The zero-order valence-electron chi connectivity index (χ0n) is 23.7. The molecule has 0 radical (unpaired) electrons. The van der Waals surface area contributed by atoms with Crippen LogP contribution in [-0.2, 0) is 14.3 Å². The van der Waals surface area contributed by atoms with Crippen molar-refractivity contribution in [3.05, 3.63) is 34.6 Å². The Hall–Kier alpha value is -3.05. The average Bonchev–Trinajstić information content (AvgIpc) is 3.10. The minimum absolute atomic E-state index is 0.135. The third kappa shape index (κ3) is 6.15. The number of halogens is 1. The summed E-state index contributed by atoms with van der Waals surface area (Å²) in [6.07, 6.45) is 2.74. The number of hydrogen-bond acceptors (Lipinski definition) is 10. The standard InChI is InChI=1S/C28H36ClN5O5S/c1-15-18(35)14-28(22(15)33-26(37)39-27(3,4)5)8-11-34(12-9-28)24-17(25(36)38-6)13-20(16(2)32-24)40-19-7-10-31-23(30)21(19)29/h7,10,13,15,22H,8-9,11-12,14H2,1-6H3,(H2,30,31)(H,33,37)/t15-,22+/m1/s1. The molecule has 10 nitrogen and oxygen atoms in total. The second-order valence-corrected chi connectivity index (χ2v) is 12.9. The Balaban J connectivity index is 1.58. The van der Waals surface area contributed by atoms with E-state index < -0.39 is 23.1 Å². The molecule has 2 aromatic heterocycles. The zero-order chi connectivity index (χ0) is 29.4. The molecular formula is C28H36ClN5O5S. The molecule has 216 valence electrons. The molecule has 3 heterocycles. The van der Waals surface area contributed by atoms with E-state index in [0.717, 1.165) is 4.90 Å². The smallest absolute Gasteiger partial charge is 0.407 e. The Morgan fingerprint density at radius 1 is 1.25 bits per heavy atom. The first kappa shape index (κ1) is 29.9. The number of methoxy groups -OCH3 is 1. The molecule has 0 aromatic carbocycles. The summed E-state index contributed by atoms with van der Waals surface area (Å²) in [5.41, 5.74) is 5.88. The largest absolute Gasteiger partial charge is 0.465 e. The van der Waals surface area contributed by atoms with Crippen LogP contribution in [0.2, 0.25) is 5.02 Å². The Bertz CT molecular complexity index is 1320. The normalized spacial score (nSPS) is 20.5. The highest BCUT2D eigenvalue weighted by molar-refractivity contribution is 7.99. The zero-order valence-corrected chi connectivity index (χ0v) is 25.2. The van der Waals surface area contributed by atoms with Gasteiger partial charge in [0.15, 0.2) is 0 Å². The number of aromatic nitrogens is 2. The molecule has 1 saturated carbocycles. The van der Waals surface area contributed by atoms with E-state index in [1.165, 1.54) is 18.9 Å². The van der Waals surface area contributed by atoms with Gasteiger partial charge in [0.1, 0.15) is 28.6 Å². The number of nitrogens with zero attached hydrogens (tertiary/aromatic N) is 3. The number of piperidine rings is 1. The summed E-state index contributed by atoms with van der Waals surface area (Å²) >= 11 is 7.69. The van der Waals surface area contributed by atoms with Gasteiger partial charge < -0.3 is 25.4 Å². The molecule has 2 aliphatic rings. The van der Waals surface area contributed by atoms with Gasteiger partial charge in [0.2, 0.25) is 0 Å². The predicted octanol–water partition coefficient (Wildman–Crippen LogP) is 5.05. The first-order valence-electron chi connectivity index (χ1n) is 13.2. The number of nitrogens with two attached hydrogens (primary N) is 1. The molecule has 2 atom stereocenters. The van der Waals surface area contributed by atoms with Gasteiger partial charge in [-0.3, -0.25) is 4.79 Å². The van der Waals surface area contributed by atoms with E-state index in [9.17, 15) is 14.4 Å². The summed E-state index contributed by atoms with van der Waals surface area (Å²) in [6.45, 7) is 10.3. The van der Waals surface area contributed by atoms with Crippen LogP contribution in [0.15, 0.2) is 28.1 Å². The molecule has 1 aliphatic heterocycles. The number of aryl methyl sites for hydroxylation is 1. The van der Waals surface area contributed by atoms with Crippen LogP contribution in [0.25, 0.3) is 0 Å². The number of anilines is 2. The first-order chi connectivity index (χ1) is 18.7. The van der Waals surface area contributed by atoms with E-state index in [1.54, 1.807) is 18.3 Å². The quantitative estimate of drug-likeness (QED) is 0.456. The minimum atomic E-state index is -0.639. The van der Waals surface area contributed by atoms with Gasteiger partial charge in [-0.1, -0.05) is 30.3 Å². The number of amides is 1. The molecule has 1 aliphatic carbocycles. The maximum Gasteiger partial charge on any atom is 0.407 e. The summed E-state index contributed by atoms with van der Waals surface area (Å²) in [7, 11) is 1.34. The number of carbonyl (C=O) groups is 3. The van der Waals surface area contributed by atoms with Crippen LogP contribution in [0.5, 0.6) is 0 Å². The monoisotopic (exact) mass is 589 g/mol. The van der Waals surface area contributed by atoms with Gasteiger partial charge in [0.25, 0.3) is 0 Å². The molecule has 1 amide bonds. The highest BCUT2D eigenvalue weighted by atomic mass is 35.5. The van der Waals surface area contributed by atoms with E-state index in [1.807, 2.05) is 39.5 Å². The summed E-state index contributed by atoms with van der Waals surface area (Å²) in [5.74, 6) is 0.0754. The van der Waals surface area contributed by atoms with Gasteiger partial charge in [-0.15, -0.1) is 0 Å². The number of pyridine rings is 2. The van der Waals surface area contributed by atoms with Crippen LogP contribution in [-0.4, -0.2) is 59.7 Å². The van der Waals surface area contributed by atoms with Crippen molar-refractivity contribution >= 4 is 52.8 Å². The summed E-state index contributed by atoms with van der Waals surface area (Å²) < 4.78 is 10.6. The maximum atomic E-state index is 12.9. The lowest BCUT2D eigenvalue weighted by Crippen LogP contribution is -2.53. The number of alkyl carbamates (subject to hydrolysis) is 1. The van der Waals surface area contributed by atoms with Crippen molar-refractivity contribution in [2.24, 2.45) is 11.3 Å². The predicted molar refractivity (Wildman–Crippen MR) is 154 cm³/mol. The second kappa shape index (κ2) is 11.4. The van der Waals surface area contributed by atoms with E-state index >= 15 is 0 Å². The Kier molecular flexibility index (Phi) is 8.56. The number of esters is 1. The molecule has 12 heteroatoms. The van der Waals surface area contributed by atoms with Crippen molar-refractivity contribution in [3.63, 3.8) is 0 Å². The van der Waals surface area contributed by atoms with Crippen LogP contribution < -0.4 is 16.0 Å².